The van der Waals surface area contributed by atoms with Gasteiger partial charge in [0, 0.05) is 15.2 Å². The number of ketones is 1. The molecule has 3 fully saturated rings. The molecule has 0 N–H and O–H groups in total. The zero-order valence-electron chi connectivity index (χ0n) is 17.4. The van der Waals surface area contributed by atoms with Gasteiger partial charge in [-0.25, -0.2) is 4.79 Å². The van der Waals surface area contributed by atoms with E-state index in [1.54, 1.807) is 30.3 Å². The van der Waals surface area contributed by atoms with E-state index in [1.165, 1.54) is 0 Å². The molecule has 6 nitrogen and oxygen atoms in total. The maximum atomic E-state index is 13.3. The Hall–Kier alpha value is -1.54. The number of rotatable bonds is 7. The number of imide groups is 1. The maximum absolute atomic E-state index is 13.3. The smallest absolute Gasteiger partial charge is 0.329 e. The van der Waals surface area contributed by atoms with Crippen LogP contribution in [0.15, 0.2) is 30.3 Å². The molecule has 2 bridgehead atoms. The molecule has 8 heteroatoms. The molecule has 1 aromatic carbocycles. The Morgan fingerprint density at radius 1 is 1.03 bits per heavy atom. The highest BCUT2D eigenvalue weighted by Crippen LogP contribution is 2.60. The first-order valence-corrected chi connectivity index (χ1v) is 12.5. The molecule has 0 spiro atoms. The molecule has 1 aromatic rings. The quantitative estimate of drug-likeness (QED) is 0.223. The van der Waals surface area contributed by atoms with Crippen molar-refractivity contribution >= 4 is 55.4 Å². The number of likely N-dealkylation sites (tertiary alicyclic amines) is 1. The van der Waals surface area contributed by atoms with Crippen molar-refractivity contribution in [1.29, 1.82) is 0 Å². The summed E-state index contributed by atoms with van der Waals surface area (Å²) in [6.07, 6.45) is 1.14. The second kappa shape index (κ2) is 8.77. The molecule has 166 valence electrons. The van der Waals surface area contributed by atoms with E-state index >= 15 is 0 Å². The van der Waals surface area contributed by atoms with Gasteiger partial charge in [-0.2, -0.15) is 0 Å². The molecule has 2 amide bonds. The number of hydrogen-bond donors (Lipinski definition) is 0. The molecule has 1 aliphatic heterocycles. The van der Waals surface area contributed by atoms with E-state index in [4.69, 9.17) is 4.74 Å². The van der Waals surface area contributed by atoms with Crippen molar-refractivity contribution in [3.05, 3.63) is 35.9 Å². The summed E-state index contributed by atoms with van der Waals surface area (Å²) in [4.78, 5) is 53.4. The standard InChI is InChI=1S/C23H25Br2NO5/c1-11(2)8-15(23(30)31-10-16(27)12-6-4-3-5-7-12)26-21(28)17-13-9-14(18(17)22(26)29)20(25)19(13)24/h3-7,11,13-15,17-20H,8-10H2,1-2H3/t13-,14-,15+,17-,18+,19-,20+/m0/s1. The summed E-state index contributed by atoms with van der Waals surface area (Å²) in [6.45, 7) is 3.43. The molecule has 2 saturated carbocycles. The van der Waals surface area contributed by atoms with Crippen molar-refractivity contribution in [2.45, 2.75) is 42.4 Å². The number of esters is 1. The van der Waals surface area contributed by atoms with Crippen molar-refractivity contribution in [3.8, 4) is 0 Å². The summed E-state index contributed by atoms with van der Waals surface area (Å²) < 4.78 is 5.31. The van der Waals surface area contributed by atoms with Gasteiger partial charge in [-0.3, -0.25) is 19.3 Å². The second-order valence-corrected chi connectivity index (χ2v) is 11.2. The highest BCUT2D eigenvalue weighted by molar-refractivity contribution is 9.12. The number of ether oxygens (including phenoxy) is 1. The topological polar surface area (TPSA) is 80.8 Å². The zero-order chi connectivity index (χ0) is 22.4. The third-order valence-electron chi connectivity index (χ3n) is 6.74. The number of carbonyl (C=O) groups is 4. The van der Waals surface area contributed by atoms with Crippen LogP contribution in [0.25, 0.3) is 0 Å². The maximum Gasteiger partial charge on any atom is 0.329 e. The van der Waals surface area contributed by atoms with Crippen LogP contribution in [-0.2, 0) is 19.1 Å². The van der Waals surface area contributed by atoms with Crippen LogP contribution in [0.3, 0.4) is 0 Å². The molecule has 0 unspecified atom stereocenters. The number of carbonyl (C=O) groups excluding carboxylic acids is 4. The number of nitrogens with zero attached hydrogens (tertiary/aromatic N) is 1. The van der Waals surface area contributed by atoms with Crippen LogP contribution in [0, 0.1) is 29.6 Å². The fraction of sp³-hybridized carbons (Fsp3) is 0.565. The van der Waals surface area contributed by atoms with Crippen LogP contribution < -0.4 is 0 Å². The Balaban J connectivity index is 1.51. The van der Waals surface area contributed by atoms with Crippen LogP contribution in [0.4, 0.5) is 0 Å². The minimum atomic E-state index is -1.00. The SMILES string of the molecule is CC(C)C[C@H](C(=O)OCC(=O)c1ccccc1)N1C(=O)[C@@H]2[C@@H]3C[C@H]([C@H](Br)[C@@H]3Br)[C@@H]2C1=O. The van der Waals surface area contributed by atoms with Gasteiger partial charge in [-0.05, 0) is 30.6 Å². The van der Waals surface area contributed by atoms with Gasteiger partial charge in [-0.1, -0.05) is 76.0 Å². The highest BCUT2D eigenvalue weighted by Gasteiger charge is 2.67. The van der Waals surface area contributed by atoms with Gasteiger partial charge in [0.15, 0.2) is 12.4 Å². The molecular weight excluding hydrogens is 530 g/mol. The highest BCUT2D eigenvalue weighted by atomic mass is 79.9. The molecule has 2 aliphatic carbocycles. The molecule has 7 atom stereocenters. The summed E-state index contributed by atoms with van der Waals surface area (Å²) in [7, 11) is 0. The fourth-order valence-electron chi connectivity index (χ4n) is 5.37. The summed E-state index contributed by atoms with van der Waals surface area (Å²) in [5.41, 5.74) is 0.446. The number of benzene rings is 1. The first-order valence-electron chi connectivity index (χ1n) is 10.6. The van der Waals surface area contributed by atoms with E-state index in [9.17, 15) is 19.2 Å². The Kier molecular flexibility index (Phi) is 6.41. The Bertz CT molecular complexity index is 872. The molecule has 3 aliphatic rings. The summed E-state index contributed by atoms with van der Waals surface area (Å²) >= 11 is 7.35. The van der Waals surface area contributed by atoms with E-state index in [2.05, 4.69) is 31.9 Å². The summed E-state index contributed by atoms with van der Waals surface area (Å²) in [5.74, 6) is -2.12. The third-order valence-corrected chi connectivity index (χ3v) is 9.95. The van der Waals surface area contributed by atoms with E-state index in [0.29, 0.717) is 12.0 Å². The lowest BCUT2D eigenvalue weighted by Crippen LogP contribution is -2.48. The summed E-state index contributed by atoms with van der Waals surface area (Å²) in [6, 6.07) is 7.57. The van der Waals surface area contributed by atoms with Crippen molar-refractivity contribution in [1.82, 2.24) is 4.90 Å². The monoisotopic (exact) mass is 553 g/mol. The van der Waals surface area contributed by atoms with Crippen LogP contribution in [-0.4, -0.2) is 50.8 Å². The second-order valence-electron chi connectivity index (χ2n) is 9.09. The van der Waals surface area contributed by atoms with Gasteiger partial charge in [0.1, 0.15) is 6.04 Å². The lowest BCUT2D eigenvalue weighted by molar-refractivity contribution is -0.159. The van der Waals surface area contributed by atoms with E-state index in [1.807, 2.05) is 13.8 Å². The first-order chi connectivity index (χ1) is 14.7. The lowest BCUT2D eigenvalue weighted by atomic mass is 9.81. The minimum Gasteiger partial charge on any atom is -0.456 e. The number of halogens is 2. The average Bonchev–Trinajstić information content (AvgIpc) is 3.35. The first kappa shape index (κ1) is 22.6. The molecule has 1 heterocycles. The van der Waals surface area contributed by atoms with Gasteiger partial charge in [0.2, 0.25) is 11.8 Å². The van der Waals surface area contributed by atoms with Crippen molar-refractivity contribution in [2.75, 3.05) is 6.61 Å². The Morgan fingerprint density at radius 3 is 2.10 bits per heavy atom. The van der Waals surface area contributed by atoms with Crippen LogP contribution >= 0.6 is 31.9 Å². The summed E-state index contributed by atoms with van der Waals surface area (Å²) in [5, 5.41) is 0. The number of amides is 2. The predicted octanol–water partition coefficient (Wildman–Crippen LogP) is 3.61. The average molecular weight is 555 g/mol. The van der Waals surface area contributed by atoms with E-state index in [0.717, 1.165) is 11.3 Å². The van der Waals surface area contributed by atoms with Crippen molar-refractivity contribution < 1.29 is 23.9 Å². The van der Waals surface area contributed by atoms with Gasteiger partial charge in [0.25, 0.3) is 0 Å². The van der Waals surface area contributed by atoms with Gasteiger partial charge in [0.05, 0.1) is 11.8 Å². The van der Waals surface area contributed by atoms with Crippen LogP contribution in [0.1, 0.15) is 37.0 Å². The predicted molar refractivity (Wildman–Crippen MR) is 121 cm³/mol. The van der Waals surface area contributed by atoms with Gasteiger partial charge >= 0.3 is 5.97 Å². The third kappa shape index (κ3) is 3.90. The minimum absolute atomic E-state index is 0.0629. The molecule has 0 aromatic heterocycles. The number of Topliss-reactive ketones (excluding diaryl/α,β-unsaturated/α-hetero) is 1. The lowest BCUT2D eigenvalue weighted by Gasteiger charge is -2.28. The Morgan fingerprint density at radius 2 is 1.58 bits per heavy atom. The number of alkyl halides is 2. The van der Waals surface area contributed by atoms with Crippen LogP contribution in [0.2, 0.25) is 0 Å². The van der Waals surface area contributed by atoms with Gasteiger partial charge < -0.3 is 4.74 Å². The number of fused-ring (bicyclic) bond motifs is 5. The molecule has 31 heavy (non-hydrogen) atoms. The largest absolute Gasteiger partial charge is 0.456 e. The van der Waals surface area contributed by atoms with Crippen molar-refractivity contribution in [3.63, 3.8) is 0 Å². The molecule has 4 rings (SSSR count). The Labute approximate surface area is 198 Å². The molecule has 0 radical (unpaired) electrons. The molecular formula is C23H25Br2NO5. The van der Waals surface area contributed by atoms with Crippen molar-refractivity contribution in [2.24, 2.45) is 29.6 Å². The zero-order valence-corrected chi connectivity index (χ0v) is 20.5. The normalized spacial score (nSPS) is 32.5. The fourth-order valence-corrected chi connectivity index (χ4v) is 7.25. The molecule has 1 saturated heterocycles. The van der Waals surface area contributed by atoms with Crippen LogP contribution in [0.5, 0.6) is 0 Å². The van der Waals surface area contributed by atoms with E-state index in [-0.39, 0.29) is 56.8 Å². The van der Waals surface area contributed by atoms with Gasteiger partial charge in [-0.15, -0.1) is 0 Å². The van der Waals surface area contributed by atoms with E-state index < -0.39 is 18.6 Å². The number of hydrogen-bond acceptors (Lipinski definition) is 5.